The molecule has 0 unspecified atom stereocenters. The second kappa shape index (κ2) is 8.27. The van der Waals surface area contributed by atoms with Gasteiger partial charge in [-0.1, -0.05) is 13.0 Å². The fourth-order valence-electron chi connectivity index (χ4n) is 3.44. The zero-order chi connectivity index (χ0) is 23.0. The zero-order valence-corrected chi connectivity index (χ0v) is 18.9. The lowest BCUT2D eigenvalue weighted by molar-refractivity contribution is 0.395. The lowest BCUT2D eigenvalue weighted by Gasteiger charge is -2.12. The van der Waals surface area contributed by atoms with Crippen LogP contribution in [0.2, 0.25) is 0 Å². The molecule has 0 spiro atoms. The van der Waals surface area contributed by atoms with Gasteiger partial charge in [0.15, 0.2) is 20.5 Å². The van der Waals surface area contributed by atoms with Crippen LogP contribution in [0.5, 0.6) is 5.88 Å². The normalized spacial score (nSPS) is 11.9. The van der Waals surface area contributed by atoms with Gasteiger partial charge in [0, 0.05) is 22.7 Å². The van der Waals surface area contributed by atoms with Crippen molar-refractivity contribution in [1.82, 2.24) is 24.7 Å². The van der Waals surface area contributed by atoms with Crippen LogP contribution in [0, 0.1) is 5.82 Å². The number of methoxy groups -OCH3 is 1. The third kappa shape index (κ3) is 3.70. The van der Waals surface area contributed by atoms with Crippen LogP contribution in [-0.4, -0.2) is 46.0 Å². The number of benzene rings is 1. The first-order chi connectivity index (χ1) is 15.3. The molecule has 32 heavy (non-hydrogen) atoms. The number of nitrogens with zero attached hydrogens (tertiary/aromatic N) is 5. The average Bonchev–Trinajstić information content (AvgIpc) is 3.24. The SMILES string of the molecule is CCS(=O)(=O)c1ccc(-c2cc(-c3cnnc4c3ncn4C(C)C)ccc2F)c(OC)n1. The number of ether oxygens (including phenoxy) is 1. The Hall–Kier alpha value is -3.40. The second-order valence-corrected chi connectivity index (χ2v) is 9.71. The molecule has 4 rings (SSSR count). The minimum absolute atomic E-state index is 0.0256. The highest BCUT2D eigenvalue weighted by atomic mass is 32.2. The molecule has 4 aromatic rings. The number of sulfone groups is 1. The summed E-state index contributed by atoms with van der Waals surface area (Å²) < 4.78 is 46.4. The van der Waals surface area contributed by atoms with Crippen molar-refractivity contribution in [2.45, 2.75) is 31.8 Å². The summed E-state index contributed by atoms with van der Waals surface area (Å²) in [6.45, 7) is 5.57. The molecule has 0 atom stereocenters. The molecule has 0 saturated carbocycles. The molecule has 1 aromatic carbocycles. The molecular formula is C22H22FN5O3S. The van der Waals surface area contributed by atoms with Crippen molar-refractivity contribution >= 4 is 21.0 Å². The fraction of sp³-hybridized carbons (Fsp3) is 0.273. The molecular weight excluding hydrogens is 433 g/mol. The number of halogens is 1. The van der Waals surface area contributed by atoms with Gasteiger partial charge < -0.3 is 9.30 Å². The minimum Gasteiger partial charge on any atom is -0.481 e. The number of hydrogen-bond acceptors (Lipinski definition) is 7. The van der Waals surface area contributed by atoms with Gasteiger partial charge in [0.2, 0.25) is 5.88 Å². The molecule has 0 aliphatic heterocycles. The lowest BCUT2D eigenvalue weighted by Crippen LogP contribution is -2.07. The van der Waals surface area contributed by atoms with Crippen LogP contribution < -0.4 is 4.74 Å². The van der Waals surface area contributed by atoms with Crippen molar-refractivity contribution in [1.29, 1.82) is 0 Å². The first kappa shape index (κ1) is 21.8. The van der Waals surface area contributed by atoms with Gasteiger partial charge >= 0.3 is 0 Å². The van der Waals surface area contributed by atoms with Crippen LogP contribution in [-0.2, 0) is 9.84 Å². The summed E-state index contributed by atoms with van der Waals surface area (Å²) in [4.78, 5) is 8.60. The van der Waals surface area contributed by atoms with Crippen molar-refractivity contribution < 1.29 is 17.5 Å². The standard InChI is InChI=1S/C22H22FN5O3S/c1-5-32(29,30)19-9-7-15(22(26-19)31-4)16-10-14(6-8-18(16)23)17-11-25-27-21-20(17)24-12-28(21)13(2)3/h6-13H,5H2,1-4H3. The number of imidazole rings is 1. The summed E-state index contributed by atoms with van der Waals surface area (Å²) in [6, 6.07) is 7.64. The van der Waals surface area contributed by atoms with Crippen LogP contribution in [0.25, 0.3) is 33.4 Å². The summed E-state index contributed by atoms with van der Waals surface area (Å²) >= 11 is 0. The van der Waals surface area contributed by atoms with Crippen LogP contribution in [0.15, 0.2) is 47.9 Å². The van der Waals surface area contributed by atoms with E-state index in [4.69, 9.17) is 4.74 Å². The van der Waals surface area contributed by atoms with E-state index < -0.39 is 15.7 Å². The van der Waals surface area contributed by atoms with E-state index in [1.54, 1.807) is 24.7 Å². The predicted octanol–water partition coefficient (Wildman–Crippen LogP) is 4.08. The molecule has 166 valence electrons. The van der Waals surface area contributed by atoms with Gasteiger partial charge in [-0.25, -0.2) is 22.8 Å². The molecule has 0 aliphatic carbocycles. The molecule has 0 bridgehead atoms. The summed E-state index contributed by atoms with van der Waals surface area (Å²) in [6.07, 6.45) is 3.29. The Balaban J connectivity index is 1.88. The zero-order valence-electron chi connectivity index (χ0n) is 18.1. The minimum atomic E-state index is -3.53. The van der Waals surface area contributed by atoms with Crippen molar-refractivity contribution in [2.75, 3.05) is 12.9 Å². The highest BCUT2D eigenvalue weighted by Crippen LogP contribution is 2.35. The lowest BCUT2D eigenvalue weighted by atomic mass is 9.99. The van der Waals surface area contributed by atoms with E-state index in [9.17, 15) is 12.8 Å². The predicted molar refractivity (Wildman–Crippen MR) is 119 cm³/mol. The third-order valence-electron chi connectivity index (χ3n) is 5.21. The van der Waals surface area contributed by atoms with Gasteiger partial charge in [0.1, 0.15) is 11.3 Å². The number of pyridine rings is 1. The smallest absolute Gasteiger partial charge is 0.222 e. The van der Waals surface area contributed by atoms with Gasteiger partial charge in [0.25, 0.3) is 0 Å². The molecule has 0 amide bonds. The van der Waals surface area contributed by atoms with Crippen molar-refractivity contribution in [2.24, 2.45) is 0 Å². The van der Waals surface area contributed by atoms with Crippen molar-refractivity contribution in [3.8, 4) is 28.1 Å². The first-order valence-corrected chi connectivity index (χ1v) is 11.7. The highest BCUT2D eigenvalue weighted by Gasteiger charge is 2.20. The number of fused-ring (bicyclic) bond motifs is 1. The van der Waals surface area contributed by atoms with E-state index in [1.165, 1.54) is 32.2 Å². The molecule has 8 nitrogen and oxygen atoms in total. The fourth-order valence-corrected chi connectivity index (χ4v) is 4.23. The van der Waals surface area contributed by atoms with E-state index in [0.717, 1.165) is 0 Å². The molecule has 0 fully saturated rings. The van der Waals surface area contributed by atoms with Crippen LogP contribution in [0.3, 0.4) is 0 Å². The van der Waals surface area contributed by atoms with Gasteiger partial charge in [-0.3, -0.25) is 0 Å². The van der Waals surface area contributed by atoms with Gasteiger partial charge in [0.05, 0.1) is 25.4 Å². The molecule has 3 heterocycles. The second-order valence-electron chi connectivity index (χ2n) is 7.48. The monoisotopic (exact) mass is 455 g/mol. The molecule has 10 heteroatoms. The Bertz CT molecular complexity index is 1420. The number of aromatic nitrogens is 5. The molecule has 0 radical (unpaired) electrons. The van der Waals surface area contributed by atoms with Gasteiger partial charge in [-0.05, 0) is 43.7 Å². The molecule has 0 aliphatic rings. The Morgan fingerprint density at radius 3 is 2.59 bits per heavy atom. The van der Waals surface area contributed by atoms with E-state index in [1.807, 2.05) is 18.4 Å². The third-order valence-corrected chi connectivity index (χ3v) is 6.84. The Morgan fingerprint density at radius 2 is 1.91 bits per heavy atom. The van der Waals surface area contributed by atoms with E-state index >= 15 is 0 Å². The summed E-state index contributed by atoms with van der Waals surface area (Å²) in [5.74, 6) is -0.566. The van der Waals surface area contributed by atoms with E-state index in [-0.39, 0.29) is 28.3 Å². The summed E-state index contributed by atoms with van der Waals surface area (Å²) in [5.41, 5.74) is 3.24. The largest absolute Gasteiger partial charge is 0.481 e. The van der Waals surface area contributed by atoms with Gasteiger partial charge in [-0.2, -0.15) is 5.10 Å². The molecule has 3 aromatic heterocycles. The molecule has 0 N–H and O–H groups in total. The Morgan fingerprint density at radius 1 is 1.12 bits per heavy atom. The highest BCUT2D eigenvalue weighted by molar-refractivity contribution is 7.91. The van der Waals surface area contributed by atoms with Crippen molar-refractivity contribution in [3.05, 3.63) is 48.7 Å². The van der Waals surface area contributed by atoms with Crippen LogP contribution >= 0.6 is 0 Å². The van der Waals surface area contributed by atoms with Crippen LogP contribution in [0.1, 0.15) is 26.8 Å². The van der Waals surface area contributed by atoms with Gasteiger partial charge in [-0.15, -0.1) is 5.10 Å². The van der Waals surface area contributed by atoms with E-state index in [0.29, 0.717) is 27.9 Å². The first-order valence-electron chi connectivity index (χ1n) is 10.0. The maximum absolute atomic E-state index is 14.9. The topological polar surface area (TPSA) is 99.9 Å². The maximum atomic E-state index is 14.9. The quantitative estimate of drug-likeness (QED) is 0.432. The summed E-state index contributed by atoms with van der Waals surface area (Å²) in [7, 11) is -2.16. The number of hydrogen-bond donors (Lipinski definition) is 0. The number of rotatable bonds is 6. The average molecular weight is 456 g/mol. The van der Waals surface area contributed by atoms with Crippen molar-refractivity contribution in [3.63, 3.8) is 0 Å². The molecule has 0 saturated heterocycles. The Kier molecular flexibility index (Phi) is 5.64. The Labute approximate surface area is 185 Å². The van der Waals surface area contributed by atoms with Crippen LogP contribution in [0.4, 0.5) is 4.39 Å². The summed E-state index contributed by atoms with van der Waals surface area (Å²) in [5, 5.41) is 8.19. The maximum Gasteiger partial charge on any atom is 0.222 e. The van der Waals surface area contributed by atoms with E-state index in [2.05, 4.69) is 20.2 Å².